The van der Waals surface area contributed by atoms with Crippen LogP contribution in [-0.2, 0) is 9.59 Å². The lowest BCUT2D eigenvalue weighted by Gasteiger charge is -2.37. The molecular formula is C24H26N2O6. The Morgan fingerprint density at radius 3 is 2.28 bits per heavy atom. The van der Waals surface area contributed by atoms with Gasteiger partial charge in [-0.25, -0.2) is 0 Å². The van der Waals surface area contributed by atoms with Crippen LogP contribution in [0.2, 0.25) is 0 Å². The molecule has 2 aromatic rings. The minimum atomic E-state index is -0.682. The number of carbonyl (C=O) groups is 3. The maximum atomic E-state index is 12.8. The van der Waals surface area contributed by atoms with Gasteiger partial charge < -0.3 is 24.0 Å². The fraction of sp³-hybridized carbons (Fsp3) is 0.375. The smallest absolute Gasteiger partial charge is 0.267 e. The van der Waals surface area contributed by atoms with Crippen LogP contribution in [0.3, 0.4) is 0 Å². The van der Waals surface area contributed by atoms with Crippen LogP contribution in [0.5, 0.6) is 17.2 Å². The zero-order chi connectivity index (χ0) is 22.5. The summed E-state index contributed by atoms with van der Waals surface area (Å²) in [6.45, 7) is 3.62. The monoisotopic (exact) mass is 438 g/mol. The molecule has 0 radical (unpaired) electrons. The van der Waals surface area contributed by atoms with Crippen molar-refractivity contribution < 1.29 is 28.6 Å². The van der Waals surface area contributed by atoms with E-state index in [1.54, 1.807) is 40.1 Å². The summed E-state index contributed by atoms with van der Waals surface area (Å²) in [5.74, 6) is 1.53. The third kappa shape index (κ3) is 4.85. The van der Waals surface area contributed by atoms with Crippen LogP contribution in [0.15, 0.2) is 48.5 Å². The molecule has 0 aromatic heterocycles. The van der Waals surface area contributed by atoms with Crippen molar-refractivity contribution in [3.8, 4) is 17.2 Å². The number of nitrogens with zero attached hydrogens (tertiary/aromatic N) is 2. The number of amides is 2. The Kier molecular flexibility index (Phi) is 6.58. The third-order valence-corrected chi connectivity index (χ3v) is 5.59. The minimum Gasteiger partial charge on any atom is -0.485 e. The molecule has 2 heterocycles. The van der Waals surface area contributed by atoms with Crippen molar-refractivity contribution in [1.29, 1.82) is 0 Å². The Balaban J connectivity index is 1.23. The van der Waals surface area contributed by atoms with E-state index in [4.69, 9.17) is 14.2 Å². The Labute approximate surface area is 186 Å². The van der Waals surface area contributed by atoms with Gasteiger partial charge in [0.1, 0.15) is 12.4 Å². The summed E-state index contributed by atoms with van der Waals surface area (Å²) in [5, 5.41) is 0. The molecule has 1 saturated heterocycles. The van der Waals surface area contributed by atoms with Crippen molar-refractivity contribution in [2.75, 3.05) is 39.4 Å². The summed E-state index contributed by atoms with van der Waals surface area (Å²) in [6, 6.07) is 14.1. The highest BCUT2D eigenvalue weighted by Gasteiger charge is 2.33. The Morgan fingerprint density at radius 2 is 1.59 bits per heavy atom. The van der Waals surface area contributed by atoms with Crippen LogP contribution >= 0.6 is 0 Å². The summed E-state index contributed by atoms with van der Waals surface area (Å²) in [4.78, 5) is 40.4. The summed E-state index contributed by atoms with van der Waals surface area (Å²) in [6.07, 6.45) is -0.238. The van der Waals surface area contributed by atoms with Crippen LogP contribution in [0.25, 0.3) is 0 Å². The second-order valence-electron chi connectivity index (χ2n) is 7.66. The molecule has 1 atom stereocenters. The van der Waals surface area contributed by atoms with Crippen LogP contribution in [-0.4, -0.2) is 72.9 Å². The number of rotatable bonds is 6. The van der Waals surface area contributed by atoms with Gasteiger partial charge in [0.15, 0.2) is 23.9 Å². The molecule has 1 unspecified atom stereocenters. The predicted octanol–water partition coefficient (Wildman–Crippen LogP) is 2.17. The fourth-order valence-corrected chi connectivity index (χ4v) is 3.70. The molecule has 2 aromatic carbocycles. The number of fused-ring (bicyclic) bond motifs is 1. The number of Topliss-reactive ketones (excluding diaryl/α,β-unsaturated/α-hetero) is 1. The normalized spacial score (nSPS) is 17.6. The van der Waals surface area contributed by atoms with E-state index in [1.807, 2.05) is 25.1 Å². The number of hydrogen-bond acceptors (Lipinski definition) is 6. The lowest BCUT2D eigenvalue weighted by atomic mass is 10.1. The van der Waals surface area contributed by atoms with E-state index in [9.17, 15) is 14.4 Å². The molecule has 1 fully saturated rings. The van der Waals surface area contributed by atoms with Gasteiger partial charge in [-0.1, -0.05) is 19.1 Å². The molecule has 0 saturated carbocycles. The maximum Gasteiger partial charge on any atom is 0.267 e. The summed E-state index contributed by atoms with van der Waals surface area (Å²) in [5.41, 5.74) is 0.628. The second kappa shape index (κ2) is 9.72. The van der Waals surface area contributed by atoms with Crippen molar-refractivity contribution in [3.63, 3.8) is 0 Å². The van der Waals surface area contributed by atoms with E-state index in [2.05, 4.69) is 0 Å². The first-order valence-corrected chi connectivity index (χ1v) is 10.8. The molecule has 168 valence electrons. The molecule has 8 nitrogen and oxygen atoms in total. The number of para-hydroxylation sites is 2. The van der Waals surface area contributed by atoms with Gasteiger partial charge in [0.05, 0.1) is 0 Å². The molecule has 0 bridgehead atoms. The van der Waals surface area contributed by atoms with Crippen molar-refractivity contribution in [3.05, 3.63) is 54.1 Å². The van der Waals surface area contributed by atoms with Gasteiger partial charge in [-0.3, -0.25) is 14.4 Å². The minimum absolute atomic E-state index is 0.0643. The summed E-state index contributed by atoms with van der Waals surface area (Å²) >= 11 is 0. The first-order valence-electron chi connectivity index (χ1n) is 10.8. The molecule has 4 rings (SSSR count). The van der Waals surface area contributed by atoms with E-state index in [-0.39, 0.29) is 30.8 Å². The molecule has 0 spiro atoms. The zero-order valence-electron chi connectivity index (χ0n) is 18.0. The van der Waals surface area contributed by atoms with Crippen LogP contribution in [0, 0.1) is 0 Å². The lowest BCUT2D eigenvalue weighted by molar-refractivity contribution is -0.146. The summed E-state index contributed by atoms with van der Waals surface area (Å²) in [7, 11) is 0. The van der Waals surface area contributed by atoms with E-state index < -0.39 is 6.10 Å². The van der Waals surface area contributed by atoms with Crippen molar-refractivity contribution in [1.82, 2.24) is 9.80 Å². The SMILES string of the molecule is CCC(=O)c1ccc(OCC(=O)N2CCN(C(=O)C3COc4ccccc4O3)CC2)cc1. The number of carbonyl (C=O) groups excluding carboxylic acids is 3. The maximum absolute atomic E-state index is 12.8. The molecular weight excluding hydrogens is 412 g/mol. The van der Waals surface area contributed by atoms with E-state index >= 15 is 0 Å². The van der Waals surface area contributed by atoms with Crippen LogP contribution < -0.4 is 14.2 Å². The third-order valence-electron chi connectivity index (χ3n) is 5.59. The van der Waals surface area contributed by atoms with Crippen LogP contribution in [0.1, 0.15) is 23.7 Å². The molecule has 8 heteroatoms. The van der Waals surface area contributed by atoms with E-state index in [0.29, 0.717) is 55.4 Å². The highest BCUT2D eigenvalue weighted by Crippen LogP contribution is 2.31. The molecule has 0 N–H and O–H groups in total. The Hall–Kier alpha value is -3.55. The zero-order valence-corrected chi connectivity index (χ0v) is 18.0. The lowest BCUT2D eigenvalue weighted by Crippen LogP contribution is -2.55. The number of benzene rings is 2. The molecule has 0 aliphatic carbocycles. The molecule has 32 heavy (non-hydrogen) atoms. The molecule has 2 aliphatic heterocycles. The van der Waals surface area contributed by atoms with E-state index in [1.165, 1.54) is 0 Å². The van der Waals surface area contributed by atoms with Gasteiger partial charge in [-0.15, -0.1) is 0 Å². The fourth-order valence-electron chi connectivity index (χ4n) is 3.70. The van der Waals surface area contributed by atoms with Gasteiger partial charge in [0.2, 0.25) is 6.10 Å². The second-order valence-corrected chi connectivity index (χ2v) is 7.66. The number of ether oxygens (including phenoxy) is 3. The van der Waals surface area contributed by atoms with Crippen molar-refractivity contribution in [2.45, 2.75) is 19.4 Å². The standard InChI is InChI=1S/C24H26N2O6/c1-2-19(27)17-7-9-18(10-8-17)30-16-23(28)25-11-13-26(14-12-25)24(29)22-15-31-20-5-3-4-6-21(20)32-22/h3-10,22H,2,11-16H2,1H3. The van der Waals surface area contributed by atoms with Crippen molar-refractivity contribution in [2.24, 2.45) is 0 Å². The highest BCUT2D eigenvalue weighted by atomic mass is 16.6. The van der Waals surface area contributed by atoms with Gasteiger partial charge in [-0.2, -0.15) is 0 Å². The number of piperazine rings is 1. The largest absolute Gasteiger partial charge is 0.485 e. The van der Waals surface area contributed by atoms with E-state index in [0.717, 1.165) is 0 Å². The molecule has 2 amide bonds. The predicted molar refractivity (Wildman–Crippen MR) is 116 cm³/mol. The first-order chi connectivity index (χ1) is 15.5. The van der Waals surface area contributed by atoms with Gasteiger partial charge in [0.25, 0.3) is 11.8 Å². The van der Waals surface area contributed by atoms with Crippen molar-refractivity contribution >= 4 is 17.6 Å². The Bertz CT molecular complexity index is 982. The number of hydrogen-bond donors (Lipinski definition) is 0. The van der Waals surface area contributed by atoms with Crippen LogP contribution in [0.4, 0.5) is 0 Å². The number of ketones is 1. The van der Waals surface area contributed by atoms with Gasteiger partial charge in [-0.05, 0) is 36.4 Å². The highest BCUT2D eigenvalue weighted by molar-refractivity contribution is 5.95. The quantitative estimate of drug-likeness (QED) is 0.643. The topological polar surface area (TPSA) is 85.4 Å². The van der Waals surface area contributed by atoms with Gasteiger partial charge >= 0.3 is 0 Å². The molecule has 2 aliphatic rings. The average Bonchev–Trinajstić information content (AvgIpc) is 2.86. The van der Waals surface area contributed by atoms with Gasteiger partial charge in [0, 0.05) is 38.2 Å². The average molecular weight is 438 g/mol. The first kappa shape index (κ1) is 21.7. The summed E-state index contributed by atoms with van der Waals surface area (Å²) < 4.78 is 17.0. The Morgan fingerprint density at radius 1 is 0.938 bits per heavy atom.